The minimum absolute atomic E-state index is 0.423. The molecule has 0 aromatic heterocycles. The Morgan fingerprint density at radius 2 is 2.00 bits per heavy atom. The molecule has 0 saturated carbocycles. The van der Waals surface area contributed by atoms with E-state index in [-0.39, 0.29) is 0 Å². The minimum Gasteiger partial charge on any atom is -0.425 e. The first-order valence-corrected chi connectivity index (χ1v) is 4.85. The standard InChI is InChI=1S/C11H11N3O2/c1-8-3-5-10(6-4-8)11(16-9(2)15)7-12-14-13-11/h3-7H,1-2H3. The highest BCUT2D eigenvalue weighted by molar-refractivity contribution is 5.77. The summed E-state index contributed by atoms with van der Waals surface area (Å²) in [5.41, 5.74) is 0.673. The lowest BCUT2D eigenvalue weighted by atomic mass is 10.0. The second kappa shape index (κ2) is 3.84. The number of carbonyl (C=O) groups excluding carboxylic acids is 1. The van der Waals surface area contributed by atoms with E-state index in [2.05, 4.69) is 15.4 Å². The molecule has 0 spiro atoms. The Bertz CT molecular complexity index is 451. The van der Waals surface area contributed by atoms with E-state index in [1.54, 1.807) is 0 Å². The summed E-state index contributed by atoms with van der Waals surface area (Å²) in [6.45, 7) is 3.31. The highest BCUT2D eigenvalue weighted by Crippen LogP contribution is 2.29. The van der Waals surface area contributed by atoms with Crippen molar-refractivity contribution in [2.45, 2.75) is 19.6 Å². The molecule has 1 heterocycles. The third-order valence-electron chi connectivity index (χ3n) is 2.24. The molecule has 5 heteroatoms. The van der Waals surface area contributed by atoms with Crippen LogP contribution < -0.4 is 0 Å². The number of hydrogen-bond acceptors (Lipinski definition) is 5. The van der Waals surface area contributed by atoms with E-state index in [4.69, 9.17) is 4.74 Å². The van der Waals surface area contributed by atoms with E-state index in [1.807, 2.05) is 31.2 Å². The predicted octanol–water partition coefficient (Wildman–Crippen LogP) is 2.16. The second-order valence-electron chi connectivity index (χ2n) is 3.59. The van der Waals surface area contributed by atoms with Crippen LogP contribution in [0.5, 0.6) is 0 Å². The van der Waals surface area contributed by atoms with Crippen molar-refractivity contribution in [3.8, 4) is 0 Å². The van der Waals surface area contributed by atoms with Crippen LogP contribution in [0.15, 0.2) is 39.7 Å². The third kappa shape index (κ3) is 1.84. The Morgan fingerprint density at radius 3 is 2.50 bits per heavy atom. The largest absolute Gasteiger partial charge is 0.425 e. The van der Waals surface area contributed by atoms with Crippen molar-refractivity contribution in [3.63, 3.8) is 0 Å². The molecule has 0 bridgehead atoms. The van der Waals surface area contributed by atoms with Gasteiger partial charge in [0.05, 0.1) is 0 Å². The van der Waals surface area contributed by atoms with Gasteiger partial charge >= 0.3 is 5.97 Å². The van der Waals surface area contributed by atoms with Gasteiger partial charge in [0, 0.05) is 12.5 Å². The van der Waals surface area contributed by atoms with Crippen LogP contribution in [-0.4, -0.2) is 12.2 Å². The lowest BCUT2D eigenvalue weighted by molar-refractivity contribution is -0.150. The van der Waals surface area contributed by atoms with Crippen molar-refractivity contribution in [1.29, 1.82) is 0 Å². The molecule has 1 aromatic rings. The number of hydrogen-bond donors (Lipinski definition) is 0. The van der Waals surface area contributed by atoms with E-state index in [0.717, 1.165) is 11.1 Å². The summed E-state index contributed by atoms with van der Waals surface area (Å²) in [5, 5.41) is 11.0. The van der Waals surface area contributed by atoms with Crippen LogP contribution >= 0.6 is 0 Å². The van der Waals surface area contributed by atoms with Gasteiger partial charge in [0.1, 0.15) is 6.21 Å². The van der Waals surface area contributed by atoms with Crippen LogP contribution in [0.3, 0.4) is 0 Å². The molecule has 1 aromatic carbocycles. The lowest BCUT2D eigenvalue weighted by Gasteiger charge is -2.21. The quantitative estimate of drug-likeness (QED) is 0.712. The average molecular weight is 217 g/mol. The Morgan fingerprint density at radius 1 is 1.31 bits per heavy atom. The third-order valence-corrected chi connectivity index (χ3v) is 2.24. The van der Waals surface area contributed by atoms with Crippen LogP contribution in [0.2, 0.25) is 0 Å². The fraction of sp³-hybridized carbons (Fsp3) is 0.273. The van der Waals surface area contributed by atoms with Crippen molar-refractivity contribution < 1.29 is 9.53 Å². The molecule has 0 N–H and O–H groups in total. The van der Waals surface area contributed by atoms with Crippen LogP contribution in [0.4, 0.5) is 0 Å². The molecule has 1 aliphatic rings. The first-order valence-electron chi connectivity index (χ1n) is 4.85. The SMILES string of the molecule is CC(=O)OC1(c2ccc(C)cc2)C=NN=N1. The molecule has 0 fully saturated rings. The molecule has 0 amide bonds. The fourth-order valence-corrected chi connectivity index (χ4v) is 1.47. The Kier molecular flexibility index (Phi) is 2.52. The van der Waals surface area contributed by atoms with Gasteiger partial charge in [-0.3, -0.25) is 4.79 Å². The van der Waals surface area contributed by atoms with Crippen molar-refractivity contribution in [1.82, 2.24) is 0 Å². The number of carbonyl (C=O) groups is 1. The van der Waals surface area contributed by atoms with Gasteiger partial charge in [-0.05, 0) is 12.1 Å². The zero-order chi connectivity index (χ0) is 11.6. The Labute approximate surface area is 92.8 Å². The number of ether oxygens (including phenoxy) is 1. The molecule has 2 rings (SSSR count). The number of rotatable bonds is 2. The van der Waals surface area contributed by atoms with Crippen LogP contribution in [0, 0.1) is 6.92 Å². The smallest absolute Gasteiger partial charge is 0.305 e. The summed E-state index contributed by atoms with van der Waals surface area (Å²) >= 11 is 0. The number of aryl methyl sites for hydroxylation is 1. The fourth-order valence-electron chi connectivity index (χ4n) is 1.47. The van der Waals surface area contributed by atoms with Gasteiger partial charge in [0.2, 0.25) is 0 Å². The molecule has 5 nitrogen and oxygen atoms in total. The second-order valence-corrected chi connectivity index (χ2v) is 3.59. The summed E-state index contributed by atoms with van der Waals surface area (Å²) < 4.78 is 5.18. The van der Waals surface area contributed by atoms with Crippen molar-refractivity contribution in [3.05, 3.63) is 35.4 Å². The van der Waals surface area contributed by atoms with E-state index >= 15 is 0 Å². The summed E-state index contributed by atoms with van der Waals surface area (Å²) in [7, 11) is 0. The van der Waals surface area contributed by atoms with Gasteiger partial charge in [-0.25, -0.2) is 0 Å². The molecule has 0 saturated heterocycles. The van der Waals surface area contributed by atoms with E-state index in [9.17, 15) is 4.79 Å². The van der Waals surface area contributed by atoms with Gasteiger partial charge in [-0.2, -0.15) is 0 Å². The van der Waals surface area contributed by atoms with E-state index < -0.39 is 11.7 Å². The maximum absolute atomic E-state index is 11.1. The molecule has 82 valence electrons. The van der Waals surface area contributed by atoms with Gasteiger partial charge < -0.3 is 4.74 Å². The Balaban J connectivity index is 2.40. The summed E-state index contributed by atoms with van der Waals surface area (Å²) in [5.74, 6) is -0.423. The van der Waals surface area contributed by atoms with E-state index in [0.29, 0.717) is 0 Å². The molecule has 1 unspecified atom stereocenters. The van der Waals surface area contributed by atoms with Gasteiger partial charge in [-0.1, -0.05) is 29.8 Å². The number of nitrogens with zero attached hydrogens (tertiary/aromatic N) is 3. The maximum Gasteiger partial charge on any atom is 0.305 e. The zero-order valence-corrected chi connectivity index (χ0v) is 9.04. The molecule has 1 aliphatic heterocycles. The molecule has 16 heavy (non-hydrogen) atoms. The van der Waals surface area contributed by atoms with Crippen LogP contribution in [-0.2, 0) is 15.3 Å². The lowest BCUT2D eigenvalue weighted by Crippen LogP contribution is -2.29. The molecule has 1 atom stereocenters. The van der Waals surface area contributed by atoms with Crippen LogP contribution in [0.25, 0.3) is 0 Å². The first kappa shape index (κ1) is 10.5. The Hall–Kier alpha value is -2.04. The normalized spacial score (nSPS) is 22.4. The number of esters is 1. The summed E-state index contributed by atoms with van der Waals surface area (Å²) in [6.07, 6.45) is 1.42. The van der Waals surface area contributed by atoms with E-state index in [1.165, 1.54) is 13.1 Å². The molecular formula is C11H11N3O2. The minimum atomic E-state index is -1.18. The first-order chi connectivity index (χ1) is 7.62. The predicted molar refractivity (Wildman–Crippen MR) is 58.0 cm³/mol. The summed E-state index contributed by atoms with van der Waals surface area (Å²) in [4.78, 5) is 11.1. The zero-order valence-electron chi connectivity index (χ0n) is 9.04. The van der Waals surface area contributed by atoms with Crippen molar-refractivity contribution in [2.24, 2.45) is 15.4 Å². The monoisotopic (exact) mass is 217 g/mol. The highest BCUT2D eigenvalue weighted by atomic mass is 16.6. The van der Waals surface area contributed by atoms with Crippen LogP contribution in [0.1, 0.15) is 18.1 Å². The highest BCUT2D eigenvalue weighted by Gasteiger charge is 2.36. The molecular weight excluding hydrogens is 206 g/mol. The van der Waals surface area contributed by atoms with Gasteiger partial charge in [0.15, 0.2) is 0 Å². The maximum atomic E-state index is 11.1. The van der Waals surface area contributed by atoms with Gasteiger partial charge in [0.25, 0.3) is 5.72 Å². The topological polar surface area (TPSA) is 63.4 Å². The van der Waals surface area contributed by atoms with Crippen molar-refractivity contribution >= 4 is 12.2 Å². The summed E-state index contributed by atoms with van der Waals surface area (Å²) in [6, 6.07) is 7.52. The molecule has 0 radical (unpaired) electrons. The average Bonchev–Trinajstić information content (AvgIpc) is 2.67. The van der Waals surface area contributed by atoms with Gasteiger partial charge in [-0.15, -0.1) is 10.2 Å². The van der Waals surface area contributed by atoms with Crippen molar-refractivity contribution in [2.75, 3.05) is 0 Å². The number of benzene rings is 1. The molecule has 0 aliphatic carbocycles.